The zero-order valence-corrected chi connectivity index (χ0v) is 23.7. The van der Waals surface area contributed by atoms with Crippen LogP contribution in [-0.4, -0.2) is 40.4 Å². The number of aryl methyl sites for hydroxylation is 1. The first-order chi connectivity index (χ1) is 17.5. The van der Waals surface area contributed by atoms with Crippen LogP contribution in [0.15, 0.2) is 42.5 Å². The molecule has 0 aliphatic carbocycles. The molecule has 0 aliphatic rings. The number of nitrogens with two attached hydrogens (primary N) is 1. The van der Waals surface area contributed by atoms with Gasteiger partial charge < -0.3 is 15.8 Å². The van der Waals surface area contributed by atoms with E-state index >= 15 is 0 Å². The van der Waals surface area contributed by atoms with E-state index < -0.39 is 40.5 Å². The van der Waals surface area contributed by atoms with Crippen molar-refractivity contribution in [3.63, 3.8) is 0 Å². The van der Waals surface area contributed by atoms with E-state index in [1.807, 2.05) is 12.1 Å². The molecule has 0 saturated heterocycles. The van der Waals surface area contributed by atoms with E-state index in [1.165, 1.54) is 24.6 Å². The number of esters is 1. The van der Waals surface area contributed by atoms with Crippen molar-refractivity contribution in [3.8, 4) is 0 Å². The quantitative estimate of drug-likeness (QED) is 0.319. The van der Waals surface area contributed by atoms with E-state index in [0.717, 1.165) is 42.4 Å². The largest absolute Gasteiger partial charge is 0.460 e. The highest BCUT2D eigenvalue weighted by Gasteiger charge is 2.21. The van der Waals surface area contributed by atoms with Crippen LogP contribution in [-0.2, 0) is 39.7 Å². The molecular formula is C29H44F2N2O3S. The van der Waals surface area contributed by atoms with Gasteiger partial charge in [0.25, 0.3) is 0 Å². The summed E-state index contributed by atoms with van der Waals surface area (Å²) < 4.78 is 43.1. The van der Waals surface area contributed by atoms with Gasteiger partial charge in [0.1, 0.15) is 17.7 Å². The number of halogens is 2. The average Bonchev–Trinajstić information content (AvgIpc) is 2.82. The van der Waals surface area contributed by atoms with Crippen LogP contribution in [0.2, 0.25) is 0 Å². The second-order valence-corrected chi connectivity index (χ2v) is 11.3. The van der Waals surface area contributed by atoms with Crippen LogP contribution in [0.1, 0.15) is 64.2 Å². The van der Waals surface area contributed by atoms with Crippen molar-refractivity contribution in [1.82, 2.24) is 5.32 Å². The van der Waals surface area contributed by atoms with Crippen molar-refractivity contribution < 1.29 is 22.5 Å². The first kappa shape index (κ1) is 32.9. The third-order valence-corrected chi connectivity index (χ3v) is 7.17. The molecule has 2 aromatic rings. The highest BCUT2D eigenvalue weighted by Crippen LogP contribution is 2.12. The lowest BCUT2D eigenvalue weighted by Gasteiger charge is -2.24. The molecule has 2 rings (SSSR count). The summed E-state index contributed by atoms with van der Waals surface area (Å²) in [7, 11) is -0.541. The van der Waals surface area contributed by atoms with Crippen LogP contribution >= 0.6 is 0 Å². The fourth-order valence-corrected chi connectivity index (χ4v) is 5.03. The third kappa shape index (κ3) is 15.0. The van der Waals surface area contributed by atoms with E-state index in [-0.39, 0.29) is 6.42 Å². The molecule has 37 heavy (non-hydrogen) atoms. The number of benzene rings is 2. The molecule has 0 saturated carbocycles. The minimum Gasteiger partial charge on any atom is -0.460 e. The zero-order valence-electron chi connectivity index (χ0n) is 22.9. The molecule has 8 heteroatoms. The molecule has 0 aliphatic heterocycles. The van der Waals surface area contributed by atoms with Gasteiger partial charge in [-0.25, -0.2) is 8.78 Å². The summed E-state index contributed by atoms with van der Waals surface area (Å²) in [5, 5.41) is 3.24. The molecule has 3 unspecified atom stereocenters. The van der Waals surface area contributed by atoms with Gasteiger partial charge in [0.2, 0.25) is 0 Å². The molecule has 2 aromatic carbocycles. The Morgan fingerprint density at radius 3 is 2.24 bits per heavy atom. The van der Waals surface area contributed by atoms with Crippen molar-refractivity contribution in [3.05, 3.63) is 70.8 Å². The number of hydrogen-bond acceptors (Lipinski definition) is 5. The van der Waals surface area contributed by atoms with E-state index in [4.69, 9.17) is 10.5 Å². The third-order valence-electron chi connectivity index (χ3n) is 5.62. The number of nitrogens with one attached hydrogen (secondary N) is 1. The maximum Gasteiger partial charge on any atom is 0.303 e. The molecule has 3 N–H and O–H groups in total. The molecule has 0 radical (unpaired) electrons. The second kappa shape index (κ2) is 18.2. The van der Waals surface area contributed by atoms with Crippen molar-refractivity contribution in [2.24, 2.45) is 11.7 Å². The predicted molar refractivity (Wildman–Crippen MR) is 149 cm³/mol. The minimum absolute atomic E-state index is 0.194. The number of carbonyl (C=O) groups is 1. The predicted octanol–water partition coefficient (Wildman–Crippen LogP) is 5.31. The summed E-state index contributed by atoms with van der Waals surface area (Å²) in [5.74, 6) is 0.708. The Kier molecular flexibility index (Phi) is 16.1. The first-order valence-electron chi connectivity index (χ1n) is 13.0. The summed E-state index contributed by atoms with van der Waals surface area (Å²) >= 11 is 0. The summed E-state index contributed by atoms with van der Waals surface area (Å²) in [6.07, 6.45) is 2.69. The highest BCUT2D eigenvalue weighted by molar-refractivity contribution is 7.84. The van der Waals surface area contributed by atoms with Gasteiger partial charge in [-0.3, -0.25) is 9.00 Å². The van der Waals surface area contributed by atoms with Crippen molar-refractivity contribution in [1.29, 1.82) is 0 Å². The molecular weight excluding hydrogens is 494 g/mol. The number of carbonyl (C=O) groups excluding carboxylic acids is 1. The van der Waals surface area contributed by atoms with Gasteiger partial charge in [0.15, 0.2) is 0 Å². The van der Waals surface area contributed by atoms with Crippen LogP contribution in [0, 0.1) is 17.6 Å². The molecule has 0 spiro atoms. The van der Waals surface area contributed by atoms with Crippen LogP contribution in [0.3, 0.4) is 0 Å². The lowest BCUT2D eigenvalue weighted by Crippen LogP contribution is -2.45. The van der Waals surface area contributed by atoms with Gasteiger partial charge in [0.05, 0.1) is 0 Å². The van der Waals surface area contributed by atoms with Crippen LogP contribution < -0.4 is 11.1 Å². The lowest BCUT2D eigenvalue weighted by molar-refractivity contribution is -0.147. The normalized spacial score (nSPS) is 13.4. The molecule has 5 nitrogen and oxygen atoms in total. The molecule has 0 bridgehead atoms. The van der Waals surface area contributed by atoms with Crippen LogP contribution in [0.5, 0.6) is 0 Å². The van der Waals surface area contributed by atoms with Crippen LogP contribution in [0.4, 0.5) is 8.78 Å². The molecule has 0 heterocycles. The average molecular weight is 539 g/mol. The Morgan fingerprint density at radius 2 is 1.68 bits per heavy atom. The van der Waals surface area contributed by atoms with E-state index in [2.05, 4.69) is 45.1 Å². The summed E-state index contributed by atoms with van der Waals surface area (Å²) in [4.78, 5) is 11.4. The van der Waals surface area contributed by atoms with Crippen molar-refractivity contribution in [2.75, 3.05) is 18.1 Å². The fraction of sp³-hybridized carbons (Fsp3) is 0.552. The molecule has 0 fully saturated rings. The summed E-state index contributed by atoms with van der Waals surface area (Å²) in [6.45, 7) is 10.8. The maximum atomic E-state index is 13.4. The highest BCUT2D eigenvalue weighted by atomic mass is 32.2. The van der Waals surface area contributed by atoms with E-state index in [9.17, 15) is 17.8 Å². The van der Waals surface area contributed by atoms with Gasteiger partial charge in [-0.2, -0.15) is 0 Å². The van der Waals surface area contributed by atoms with Gasteiger partial charge in [-0.1, -0.05) is 52.0 Å². The molecule has 0 aromatic heterocycles. The maximum absolute atomic E-state index is 13.4. The smallest absolute Gasteiger partial charge is 0.303 e. The summed E-state index contributed by atoms with van der Waals surface area (Å²) in [6, 6.07) is 10.9. The number of rotatable bonds is 14. The Morgan fingerprint density at radius 1 is 1.03 bits per heavy atom. The fourth-order valence-electron chi connectivity index (χ4n) is 3.64. The van der Waals surface area contributed by atoms with Gasteiger partial charge in [-0.15, -0.1) is 0 Å². The Labute approximate surface area is 224 Å². The Balaban J connectivity index is 0.000000580. The van der Waals surface area contributed by atoms with Gasteiger partial charge in [0, 0.05) is 54.4 Å². The zero-order chi connectivity index (χ0) is 27.8. The van der Waals surface area contributed by atoms with Crippen molar-refractivity contribution >= 4 is 16.8 Å². The SMILES string of the molecule is CCCS(=O)CCC(C)C.CCc1cccc(CNCC(OC(C)=O)C(N)Cc2cc(F)cc(F)c2)c1. The Hall–Kier alpha value is -2.16. The minimum atomic E-state index is -0.657. The van der Waals surface area contributed by atoms with Gasteiger partial charge >= 0.3 is 5.97 Å². The second-order valence-electron chi connectivity index (χ2n) is 9.63. The number of hydrogen-bond donors (Lipinski definition) is 2. The van der Waals surface area contributed by atoms with E-state index in [1.54, 1.807) is 0 Å². The Bertz CT molecular complexity index is 952. The van der Waals surface area contributed by atoms with E-state index in [0.29, 0.717) is 24.6 Å². The monoisotopic (exact) mass is 538 g/mol. The molecule has 0 amide bonds. The standard InChI is InChI=1S/C21H26F2N2O2.C8H18OS/c1-3-15-5-4-6-16(7-15)12-25-13-21(27-14(2)26)20(24)10-17-8-18(22)11-19(23)9-17;1-4-6-10(9)7-5-8(2)3/h4-9,11,20-21,25H,3,10,12-13,24H2,1-2H3;8H,4-7H2,1-3H3. The number of ether oxygens (including phenoxy) is 1. The first-order valence-corrected chi connectivity index (χ1v) is 14.5. The molecule has 208 valence electrons. The molecule has 3 atom stereocenters. The lowest BCUT2D eigenvalue weighted by atomic mass is 10.0. The van der Waals surface area contributed by atoms with Crippen LogP contribution in [0.25, 0.3) is 0 Å². The topological polar surface area (TPSA) is 81.4 Å². The van der Waals surface area contributed by atoms with Gasteiger partial charge in [-0.05, 0) is 60.4 Å². The van der Waals surface area contributed by atoms with Crippen molar-refractivity contribution in [2.45, 2.75) is 79.0 Å². The summed E-state index contributed by atoms with van der Waals surface area (Å²) in [5.41, 5.74) is 8.95.